The van der Waals surface area contributed by atoms with Crippen molar-refractivity contribution in [1.29, 1.82) is 0 Å². The van der Waals surface area contributed by atoms with Crippen LogP contribution in [-0.2, 0) is 6.54 Å². The molecular formula is C9H12N4O3. The maximum Gasteiger partial charge on any atom is 0.330 e. The Morgan fingerprint density at radius 1 is 1.31 bits per heavy atom. The van der Waals surface area contributed by atoms with Gasteiger partial charge in [-0.2, -0.15) is 4.98 Å². The number of hydrogen-bond acceptors (Lipinski definition) is 4. The predicted octanol–water partition coefficient (Wildman–Crippen LogP) is -0.169. The smallest absolute Gasteiger partial charge is 0.330 e. The quantitative estimate of drug-likeness (QED) is 0.757. The molecule has 0 saturated carbocycles. The third-order valence-corrected chi connectivity index (χ3v) is 2.21. The number of nitrogens with one attached hydrogen (secondary N) is 2. The minimum absolute atomic E-state index is 0.246. The highest BCUT2D eigenvalue weighted by Gasteiger charge is 2.11. The maximum absolute atomic E-state index is 11.5. The minimum atomic E-state index is -0.483. The van der Waals surface area contributed by atoms with Crippen LogP contribution in [-0.4, -0.2) is 26.1 Å². The van der Waals surface area contributed by atoms with Gasteiger partial charge in [-0.3, -0.25) is 14.3 Å². The van der Waals surface area contributed by atoms with E-state index in [9.17, 15) is 9.59 Å². The molecule has 0 unspecified atom stereocenters. The van der Waals surface area contributed by atoms with Crippen molar-refractivity contribution in [1.82, 2.24) is 19.5 Å². The van der Waals surface area contributed by atoms with Crippen molar-refractivity contribution in [2.75, 3.05) is 6.61 Å². The predicted molar refractivity (Wildman–Crippen MR) is 57.8 cm³/mol. The molecule has 2 heterocycles. The minimum Gasteiger partial charge on any atom is -0.465 e. The van der Waals surface area contributed by atoms with E-state index in [4.69, 9.17) is 4.74 Å². The fourth-order valence-corrected chi connectivity index (χ4v) is 1.52. The van der Waals surface area contributed by atoms with Gasteiger partial charge in [0.2, 0.25) is 0 Å². The molecule has 0 aliphatic heterocycles. The van der Waals surface area contributed by atoms with E-state index in [1.54, 1.807) is 6.92 Å². The average molecular weight is 224 g/mol. The first-order chi connectivity index (χ1) is 7.67. The van der Waals surface area contributed by atoms with E-state index in [1.807, 2.05) is 6.92 Å². The number of aromatic amines is 2. The molecule has 0 saturated heterocycles. The fraction of sp³-hybridized carbons (Fsp3) is 0.444. The summed E-state index contributed by atoms with van der Waals surface area (Å²) in [7, 11) is 0. The van der Waals surface area contributed by atoms with Gasteiger partial charge in [0.25, 0.3) is 11.6 Å². The molecule has 0 amide bonds. The van der Waals surface area contributed by atoms with E-state index < -0.39 is 11.2 Å². The second kappa shape index (κ2) is 3.84. The molecule has 7 nitrogen and oxygen atoms in total. The molecule has 16 heavy (non-hydrogen) atoms. The maximum atomic E-state index is 11.5. The zero-order chi connectivity index (χ0) is 11.7. The van der Waals surface area contributed by atoms with Gasteiger partial charge in [0.05, 0.1) is 6.61 Å². The number of fused-ring (bicyclic) bond motifs is 1. The Kier molecular flexibility index (Phi) is 2.51. The molecule has 0 spiro atoms. The van der Waals surface area contributed by atoms with Gasteiger partial charge in [0, 0.05) is 6.54 Å². The molecule has 2 aromatic rings. The second-order valence-corrected chi connectivity index (χ2v) is 3.18. The van der Waals surface area contributed by atoms with Gasteiger partial charge in [-0.05, 0) is 13.8 Å². The summed E-state index contributed by atoms with van der Waals surface area (Å²) < 4.78 is 6.52. The lowest BCUT2D eigenvalue weighted by Gasteiger charge is -1.99. The summed E-state index contributed by atoms with van der Waals surface area (Å²) in [6, 6.07) is 0.246. The highest BCUT2D eigenvalue weighted by Crippen LogP contribution is 2.10. The Morgan fingerprint density at radius 3 is 2.69 bits per heavy atom. The largest absolute Gasteiger partial charge is 0.465 e. The lowest BCUT2D eigenvalue weighted by atomic mass is 10.5. The molecule has 0 aromatic carbocycles. The summed E-state index contributed by atoms with van der Waals surface area (Å²) in [6.45, 7) is 4.48. The van der Waals surface area contributed by atoms with Gasteiger partial charge < -0.3 is 9.72 Å². The van der Waals surface area contributed by atoms with Crippen molar-refractivity contribution >= 4 is 11.2 Å². The lowest BCUT2D eigenvalue weighted by Crippen LogP contribution is -2.29. The topological polar surface area (TPSA) is 92.8 Å². The Bertz CT molecular complexity index is 622. The molecule has 0 aliphatic rings. The van der Waals surface area contributed by atoms with Gasteiger partial charge in [-0.15, -0.1) is 0 Å². The third kappa shape index (κ3) is 1.50. The van der Waals surface area contributed by atoms with Crippen molar-refractivity contribution in [3.05, 3.63) is 20.8 Å². The Hall–Kier alpha value is -2.05. The molecule has 2 rings (SSSR count). The normalized spacial score (nSPS) is 10.9. The van der Waals surface area contributed by atoms with E-state index in [-0.39, 0.29) is 11.5 Å². The molecule has 2 aromatic heterocycles. The average Bonchev–Trinajstić information content (AvgIpc) is 2.63. The van der Waals surface area contributed by atoms with E-state index >= 15 is 0 Å². The summed E-state index contributed by atoms with van der Waals surface area (Å²) in [5.41, 5.74) is -0.373. The van der Waals surface area contributed by atoms with Crippen LogP contribution >= 0.6 is 0 Å². The van der Waals surface area contributed by atoms with Crippen LogP contribution in [0.15, 0.2) is 9.59 Å². The molecule has 0 aliphatic carbocycles. The first-order valence-corrected chi connectivity index (χ1v) is 5.03. The van der Waals surface area contributed by atoms with Gasteiger partial charge in [0.15, 0.2) is 11.2 Å². The van der Waals surface area contributed by atoms with Crippen molar-refractivity contribution in [3.8, 4) is 6.01 Å². The zero-order valence-corrected chi connectivity index (χ0v) is 9.03. The Morgan fingerprint density at radius 2 is 2.06 bits per heavy atom. The zero-order valence-electron chi connectivity index (χ0n) is 9.03. The van der Waals surface area contributed by atoms with Crippen molar-refractivity contribution in [3.63, 3.8) is 0 Å². The van der Waals surface area contributed by atoms with E-state index in [0.29, 0.717) is 18.8 Å². The van der Waals surface area contributed by atoms with Crippen molar-refractivity contribution < 1.29 is 4.74 Å². The fourth-order valence-electron chi connectivity index (χ4n) is 1.52. The number of H-pyrrole nitrogens is 2. The van der Waals surface area contributed by atoms with Gasteiger partial charge in [-0.25, -0.2) is 4.79 Å². The van der Waals surface area contributed by atoms with Crippen LogP contribution in [0.3, 0.4) is 0 Å². The Balaban J connectivity index is 2.79. The van der Waals surface area contributed by atoms with Crippen LogP contribution in [0, 0.1) is 0 Å². The van der Waals surface area contributed by atoms with E-state index in [1.165, 1.54) is 4.57 Å². The summed E-state index contributed by atoms with van der Waals surface area (Å²) in [5.74, 6) is 0. The highest BCUT2D eigenvalue weighted by atomic mass is 16.5. The van der Waals surface area contributed by atoms with Crippen LogP contribution in [0.4, 0.5) is 0 Å². The van der Waals surface area contributed by atoms with Crippen LogP contribution < -0.4 is 16.0 Å². The van der Waals surface area contributed by atoms with Gasteiger partial charge >= 0.3 is 5.69 Å². The molecular weight excluding hydrogens is 212 g/mol. The molecule has 0 radical (unpaired) electrons. The lowest BCUT2D eigenvalue weighted by molar-refractivity contribution is 0.317. The molecule has 0 fully saturated rings. The van der Waals surface area contributed by atoms with E-state index in [0.717, 1.165) is 0 Å². The summed E-state index contributed by atoms with van der Waals surface area (Å²) in [6.07, 6.45) is 0. The number of aromatic nitrogens is 4. The van der Waals surface area contributed by atoms with Crippen molar-refractivity contribution in [2.24, 2.45) is 0 Å². The monoisotopic (exact) mass is 224 g/mol. The van der Waals surface area contributed by atoms with Crippen LogP contribution in [0.2, 0.25) is 0 Å². The first-order valence-electron chi connectivity index (χ1n) is 5.03. The number of imidazole rings is 1. The molecule has 86 valence electrons. The highest BCUT2D eigenvalue weighted by molar-refractivity contribution is 5.70. The molecule has 2 N–H and O–H groups in total. The number of nitrogens with zero attached hydrogens (tertiary/aromatic N) is 2. The standard InChI is InChI=1S/C9H12N4O3/c1-3-13-6-5(7(14)12-9(13)15)10-8(11-6)16-4-2/h3-4H2,1-2H3,(H,10,11)(H,12,14,15). The second-order valence-electron chi connectivity index (χ2n) is 3.18. The summed E-state index contributed by atoms with van der Waals surface area (Å²) in [5, 5.41) is 0. The Labute approximate surface area is 90.1 Å². The first kappa shape index (κ1) is 10.5. The van der Waals surface area contributed by atoms with Crippen molar-refractivity contribution in [2.45, 2.75) is 20.4 Å². The van der Waals surface area contributed by atoms with E-state index in [2.05, 4.69) is 15.0 Å². The van der Waals surface area contributed by atoms with Crippen LogP contribution in [0.25, 0.3) is 11.2 Å². The SMILES string of the molecule is CCOc1nc2c([nH]1)c(=O)[nH]c(=O)n2CC. The molecule has 0 atom stereocenters. The number of rotatable bonds is 3. The van der Waals surface area contributed by atoms with Gasteiger partial charge in [0.1, 0.15) is 0 Å². The third-order valence-electron chi connectivity index (χ3n) is 2.21. The number of ether oxygens (including phenoxy) is 1. The van der Waals surface area contributed by atoms with Crippen LogP contribution in [0.1, 0.15) is 13.8 Å². The van der Waals surface area contributed by atoms with Gasteiger partial charge in [-0.1, -0.05) is 0 Å². The molecule has 7 heteroatoms. The summed E-state index contributed by atoms with van der Waals surface area (Å²) >= 11 is 0. The summed E-state index contributed by atoms with van der Waals surface area (Å²) in [4.78, 5) is 32.0. The number of aryl methyl sites for hydroxylation is 1. The van der Waals surface area contributed by atoms with Crippen LogP contribution in [0.5, 0.6) is 6.01 Å². The molecule has 0 bridgehead atoms. The number of hydrogen-bond donors (Lipinski definition) is 2.